The molecule has 51 heavy (non-hydrogen) atoms. The van der Waals surface area contributed by atoms with Gasteiger partial charge in [-0.1, -0.05) is 121 Å². The summed E-state index contributed by atoms with van der Waals surface area (Å²) in [7, 11) is 0. The fourth-order valence-electron chi connectivity index (χ4n) is 8.94. The number of hydrogen-bond acceptors (Lipinski definition) is 2. The normalized spacial score (nSPS) is 12.7. The summed E-state index contributed by atoms with van der Waals surface area (Å²) in [5.41, 5.74) is 10.4. The highest BCUT2D eigenvalue weighted by Crippen LogP contribution is 2.54. The highest BCUT2D eigenvalue weighted by atomic mass is 15.3. The maximum absolute atomic E-state index is 5.49. The molecule has 236 valence electrons. The number of pyridine rings is 1. The SMILES string of the molecule is c1ccc(-n2c3ccccc3c3c4c5cccc6c5n(c4ccc32)-c2ccc3ccccc3c2N6c2nc3ccccc3c3ccccc23)cc1. The van der Waals surface area contributed by atoms with E-state index >= 15 is 0 Å². The van der Waals surface area contributed by atoms with Crippen LogP contribution in [-0.4, -0.2) is 14.1 Å². The Morgan fingerprint density at radius 3 is 1.88 bits per heavy atom. The summed E-state index contributed by atoms with van der Waals surface area (Å²) in [5.74, 6) is 0.941. The maximum Gasteiger partial charge on any atom is 0.146 e. The fraction of sp³-hybridized carbons (Fsp3) is 0. The van der Waals surface area contributed by atoms with Crippen LogP contribution in [0.2, 0.25) is 0 Å². The van der Waals surface area contributed by atoms with Crippen LogP contribution in [0.5, 0.6) is 0 Å². The smallest absolute Gasteiger partial charge is 0.146 e. The molecule has 4 heterocycles. The van der Waals surface area contributed by atoms with E-state index in [1.807, 2.05) is 0 Å². The number of nitrogens with zero attached hydrogens (tertiary/aromatic N) is 4. The molecule has 0 fully saturated rings. The van der Waals surface area contributed by atoms with E-state index in [0.29, 0.717) is 0 Å². The lowest BCUT2D eigenvalue weighted by Crippen LogP contribution is -2.20. The Bertz CT molecular complexity index is 3260. The van der Waals surface area contributed by atoms with Crippen molar-refractivity contribution in [3.63, 3.8) is 0 Å². The number of fused-ring (bicyclic) bond motifs is 14. The van der Waals surface area contributed by atoms with Gasteiger partial charge in [-0.05, 0) is 59.3 Å². The van der Waals surface area contributed by atoms with Gasteiger partial charge in [-0.15, -0.1) is 0 Å². The summed E-state index contributed by atoms with van der Waals surface area (Å²) in [6, 6.07) is 61.6. The number of rotatable bonds is 2. The van der Waals surface area contributed by atoms with Gasteiger partial charge in [0.25, 0.3) is 0 Å². The predicted octanol–water partition coefficient (Wildman–Crippen LogP) is 12.5. The van der Waals surface area contributed by atoms with E-state index in [0.717, 1.165) is 44.9 Å². The van der Waals surface area contributed by atoms with Crippen molar-refractivity contribution in [3.8, 4) is 11.4 Å². The Hall–Kier alpha value is -6.91. The third-order valence-corrected chi connectivity index (χ3v) is 11.0. The molecule has 11 aromatic rings. The van der Waals surface area contributed by atoms with E-state index in [9.17, 15) is 0 Å². The largest absolute Gasteiger partial charge is 0.309 e. The standard InChI is InChI=1S/C47H28N4/c1-2-14-30(15-3-1)49-38-23-11-9-20-35(38)43-39(49)27-28-40-44(43)36-21-12-24-41-46(36)50(40)42-26-25-29-13-4-5-16-31(29)45(42)51(41)47-34-19-7-6-17-32(34)33-18-8-10-22-37(33)48-47/h1-28H. The van der Waals surface area contributed by atoms with Gasteiger partial charge in [0.1, 0.15) is 5.82 Å². The highest BCUT2D eigenvalue weighted by Gasteiger charge is 2.33. The maximum atomic E-state index is 5.49. The van der Waals surface area contributed by atoms with Crippen LogP contribution in [-0.2, 0) is 0 Å². The number of anilines is 3. The molecule has 1 aliphatic heterocycles. The lowest BCUT2D eigenvalue weighted by Gasteiger charge is -2.34. The average molecular weight is 649 g/mol. The molecule has 3 aromatic heterocycles. The Morgan fingerprint density at radius 2 is 1.02 bits per heavy atom. The van der Waals surface area contributed by atoms with E-state index in [4.69, 9.17) is 4.98 Å². The second-order valence-electron chi connectivity index (χ2n) is 13.5. The number of para-hydroxylation sites is 4. The molecule has 0 amide bonds. The van der Waals surface area contributed by atoms with Crippen molar-refractivity contribution < 1.29 is 0 Å². The summed E-state index contributed by atoms with van der Waals surface area (Å²) in [6.07, 6.45) is 0. The van der Waals surface area contributed by atoms with Crippen molar-refractivity contribution in [1.29, 1.82) is 0 Å². The van der Waals surface area contributed by atoms with Gasteiger partial charge < -0.3 is 9.13 Å². The third kappa shape index (κ3) is 3.46. The second kappa shape index (κ2) is 9.84. The summed E-state index contributed by atoms with van der Waals surface area (Å²) in [5, 5.41) is 10.9. The van der Waals surface area contributed by atoms with Crippen LogP contribution in [0.3, 0.4) is 0 Å². The molecule has 0 bridgehead atoms. The number of aromatic nitrogens is 3. The van der Waals surface area contributed by atoms with E-state index in [-0.39, 0.29) is 0 Å². The van der Waals surface area contributed by atoms with Crippen LogP contribution < -0.4 is 4.90 Å². The zero-order valence-electron chi connectivity index (χ0n) is 27.5. The van der Waals surface area contributed by atoms with Gasteiger partial charge in [0.2, 0.25) is 0 Å². The molecule has 0 atom stereocenters. The van der Waals surface area contributed by atoms with Gasteiger partial charge in [-0.2, -0.15) is 0 Å². The van der Waals surface area contributed by atoms with Crippen molar-refractivity contribution in [2.45, 2.75) is 0 Å². The molecule has 0 N–H and O–H groups in total. The first-order chi connectivity index (χ1) is 25.3. The fourth-order valence-corrected chi connectivity index (χ4v) is 8.94. The van der Waals surface area contributed by atoms with Crippen molar-refractivity contribution in [2.75, 3.05) is 4.90 Å². The first kappa shape index (κ1) is 27.0. The topological polar surface area (TPSA) is 26.0 Å². The molecule has 1 aliphatic rings. The van der Waals surface area contributed by atoms with E-state index < -0.39 is 0 Å². The van der Waals surface area contributed by atoms with E-state index in [2.05, 4.69) is 184 Å². The summed E-state index contributed by atoms with van der Waals surface area (Å²) in [6.45, 7) is 0. The lowest BCUT2D eigenvalue weighted by molar-refractivity contribution is 1.11. The van der Waals surface area contributed by atoms with Crippen LogP contribution >= 0.6 is 0 Å². The minimum absolute atomic E-state index is 0.941. The minimum atomic E-state index is 0.941. The second-order valence-corrected chi connectivity index (χ2v) is 13.5. The van der Waals surface area contributed by atoms with Crippen molar-refractivity contribution in [2.24, 2.45) is 0 Å². The predicted molar refractivity (Wildman–Crippen MR) is 214 cm³/mol. The molecule has 0 radical (unpaired) electrons. The highest BCUT2D eigenvalue weighted by molar-refractivity contribution is 6.31. The zero-order chi connectivity index (χ0) is 33.2. The van der Waals surface area contributed by atoms with Gasteiger partial charge in [-0.3, -0.25) is 4.90 Å². The Kier molecular flexibility index (Phi) is 5.20. The molecule has 0 unspecified atom stereocenters. The molecule has 0 aliphatic carbocycles. The molecule has 0 spiro atoms. The molecule has 0 saturated carbocycles. The van der Waals surface area contributed by atoms with E-state index in [1.54, 1.807) is 0 Å². The van der Waals surface area contributed by atoms with Crippen LogP contribution in [0, 0.1) is 0 Å². The van der Waals surface area contributed by atoms with Crippen molar-refractivity contribution in [3.05, 3.63) is 170 Å². The molecule has 0 saturated heterocycles. The van der Waals surface area contributed by atoms with Crippen LogP contribution in [0.25, 0.3) is 87.4 Å². The number of hydrogen-bond donors (Lipinski definition) is 0. The zero-order valence-corrected chi connectivity index (χ0v) is 27.5. The Morgan fingerprint density at radius 1 is 0.373 bits per heavy atom. The van der Waals surface area contributed by atoms with Crippen molar-refractivity contribution in [1.82, 2.24) is 14.1 Å². The first-order valence-corrected chi connectivity index (χ1v) is 17.5. The van der Waals surface area contributed by atoms with E-state index in [1.165, 1.54) is 59.8 Å². The summed E-state index contributed by atoms with van der Waals surface area (Å²) < 4.78 is 4.92. The van der Waals surface area contributed by atoms with Gasteiger partial charge in [-0.25, -0.2) is 4.98 Å². The molecule has 4 nitrogen and oxygen atoms in total. The summed E-state index contributed by atoms with van der Waals surface area (Å²) in [4.78, 5) is 7.93. The van der Waals surface area contributed by atoms with Gasteiger partial charge in [0.05, 0.1) is 44.6 Å². The van der Waals surface area contributed by atoms with Gasteiger partial charge in [0.15, 0.2) is 0 Å². The molecular formula is C47H28N4. The van der Waals surface area contributed by atoms with Gasteiger partial charge in [0, 0.05) is 43.4 Å². The molecule has 4 heteroatoms. The van der Waals surface area contributed by atoms with Crippen LogP contribution in [0.15, 0.2) is 170 Å². The molecular weight excluding hydrogens is 621 g/mol. The Balaban J connectivity index is 1.29. The van der Waals surface area contributed by atoms with Gasteiger partial charge >= 0.3 is 0 Å². The molecule has 8 aromatic carbocycles. The van der Waals surface area contributed by atoms with Crippen LogP contribution in [0.4, 0.5) is 17.2 Å². The molecule has 12 rings (SSSR count). The van der Waals surface area contributed by atoms with Crippen LogP contribution in [0.1, 0.15) is 0 Å². The van der Waals surface area contributed by atoms with Crippen molar-refractivity contribution >= 4 is 93.3 Å². The number of benzene rings is 8. The minimum Gasteiger partial charge on any atom is -0.309 e. The lowest BCUT2D eigenvalue weighted by atomic mass is 10.0. The Labute approximate surface area is 292 Å². The first-order valence-electron chi connectivity index (χ1n) is 17.5. The monoisotopic (exact) mass is 648 g/mol. The average Bonchev–Trinajstić information content (AvgIpc) is 3.72. The third-order valence-electron chi connectivity index (χ3n) is 11.0. The summed E-state index contributed by atoms with van der Waals surface area (Å²) >= 11 is 0. The quantitative estimate of drug-likeness (QED) is 0.174.